The monoisotopic (exact) mass is 1140 g/mol. The van der Waals surface area contributed by atoms with E-state index in [0.29, 0.717) is 0 Å². The van der Waals surface area contributed by atoms with Gasteiger partial charge in [0.15, 0.2) is 0 Å². The summed E-state index contributed by atoms with van der Waals surface area (Å²) in [6, 6.07) is 58.8. The zero-order valence-electron chi connectivity index (χ0n) is 47.7. The second-order valence-electron chi connectivity index (χ2n) is 21.7. The van der Waals surface area contributed by atoms with Gasteiger partial charge in [-0.3, -0.25) is 0 Å². The van der Waals surface area contributed by atoms with Crippen molar-refractivity contribution in [2.24, 2.45) is 0 Å². The number of unbranched alkanes of at least 4 members (excludes halogenated alkanes) is 9. The first kappa shape index (κ1) is 56.3. The summed E-state index contributed by atoms with van der Waals surface area (Å²) in [5.74, 6) is 14.0. The van der Waals surface area contributed by atoms with Crippen LogP contribution in [0.1, 0.15) is 145 Å². The molecule has 5 aromatic heterocycles. The van der Waals surface area contributed by atoms with E-state index >= 15 is 0 Å². The Hall–Kier alpha value is -6.54. The van der Waals surface area contributed by atoms with E-state index in [4.69, 9.17) is 0 Å². The summed E-state index contributed by atoms with van der Waals surface area (Å²) < 4.78 is 8.98. The highest BCUT2D eigenvalue weighted by molar-refractivity contribution is 7.34. The van der Waals surface area contributed by atoms with Crippen LogP contribution < -0.4 is 0 Å². The molecule has 0 nitrogen and oxygen atoms in total. The maximum absolute atomic E-state index is 3.58. The van der Waals surface area contributed by atoms with Crippen LogP contribution in [-0.2, 0) is 19.3 Å². The third kappa shape index (κ3) is 13.4. The first-order valence-electron chi connectivity index (χ1n) is 29.6. The molecule has 5 heteroatoms. The summed E-state index contributed by atoms with van der Waals surface area (Å²) >= 11 is 10.0. The van der Waals surface area contributed by atoms with Crippen LogP contribution in [0, 0.1) is 37.5 Å². The molecule has 0 unspecified atom stereocenters. The van der Waals surface area contributed by atoms with E-state index in [0.717, 1.165) is 43.8 Å². The minimum Gasteiger partial charge on any atom is -0.146 e. The molecule has 0 amide bonds. The molecule has 5 heterocycles. The average molecular weight is 1150 g/mol. The minimum absolute atomic E-state index is 1.00. The van der Waals surface area contributed by atoms with Gasteiger partial charge in [0.2, 0.25) is 0 Å². The lowest BCUT2D eigenvalue weighted by Crippen LogP contribution is -1.92. The van der Waals surface area contributed by atoms with Gasteiger partial charge in [-0.15, -0.1) is 56.7 Å². The predicted molar refractivity (Wildman–Crippen MR) is 367 cm³/mol. The highest BCUT2D eigenvalue weighted by Crippen LogP contribution is 2.47. The van der Waals surface area contributed by atoms with Gasteiger partial charge in [-0.1, -0.05) is 187 Å². The predicted octanol–water partition coefficient (Wildman–Crippen LogP) is 24.4. The maximum atomic E-state index is 3.58. The minimum atomic E-state index is 1.00. The third-order valence-corrected chi connectivity index (χ3v) is 21.5. The molecule has 0 bridgehead atoms. The van der Waals surface area contributed by atoms with E-state index in [1.165, 1.54) is 167 Å². The van der Waals surface area contributed by atoms with Gasteiger partial charge >= 0.3 is 0 Å². The fourth-order valence-electron chi connectivity index (χ4n) is 11.2. The van der Waals surface area contributed by atoms with Crippen molar-refractivity contribution in [3.63, 3.8) is 0 Å². The number of fused-ring (bicyclic) bond motifs is 10. The Balaban J connectivity index is 0.000000143. The van der Waals surface area contributed by atoms with Gasteiger partial charge in [0.05, 0.1) is 9.40 Å². The SMILES string of the molecule is C(#Cc1c2cc3ccccc3cc2c(C#Cc2ccccc2)c2cc3ccccc3cc12)c1ccccc1.CCCCCCc1cc(C)sc1C.CCCCCCc1cc2sc3cc4c(cc3c2s1)sc1cc(CCCCCC)sc14. The lowest BCUT2D eigenvalue weighted by Gasteiger charge is -2.14. The molecule has 0 aliphatic rings. The van der Waals surface area contributed by atoms with Crippen LogP contribution in [0.3, 0.4) is 0 Å². The molecule has 0 spiro atoms. The quantitative estimate of drug-likeness (QED) is 0.0545. The Morgan fingerprint density at radius 2 is 0.704 bits per heavy atom. The van der Waals surface area contributed by atoms with E-state index in [9.17, 15) is 0 Å². The van der Waals surface area contributed by atoms with Gasteiger partial charge in [-0.2, -0.15) is 0 Å². The number of hydrogen-bond acceptors (Lipinski definition) is 5. The van der Waals surface area contributed by atoms with Crippen molar-refractivity contribution in [3.8, 4) is 23.7 Å². The van der Waals surface area contributed by atoms with Crippen LogP contribution >= 0.6 is 56.7 Å². The Bertz CT molecular complexity index is 4040. The van der Waals surface area contributed by atoms with Crippen LogP contribution in [0.4, 0.5) is 0 Å². The van der Waals surface area contributed by atoms with Gasteiger partial charge < -0.3 is 0 Å². The molecule has 13 aromatic rings. The number of aryl methyl sites for hydroxylation is 5. The van der Waals surface area contributed by atoms with Crippen molar-refractivity contribution in [3.05, 3.63) is 211 Å². The number of benzene rings is 8. The molecule has 0 aliphatic heterocycles. The Morgan fingerprint density at radius 1 is 0.321 bits per heavy atom. The molecule has 0 fully saturated rings. The normalized spacial score (nSPS) is 11.3. The molecule has 81 heavy (non-hydrogen) atoms. The molecular weight excluding hydrogens is 1070 g/mol. The smallest absolute Gasteiger partial charge is 0.0532 e. The Kier molecular flexibility index (Phi) is 18.8. The topological polar surface area (TPSA) is 0 Å². The lowest BCUT2D eigenvalue weighted by atomic mass is 9.88. The highest BCUT2D eigenvalue weighted by Gasteiger charge is 2.17. The summed E-state index contributed by atoms with van der Waals surface area (Å²) in [5.41, 5.74) is 5.67. The number of hydrogen-bond donors (Lipinski definition) is 0. The van der Waals surface area contributed by atoms with E-state index < -0.39 is 0 Å². The summed E-state index contributed by atoms with van der Waals surface area (Å²) in [4.78, 5) is 6.14. The van der Waals surface area contributed by atoms with Crippen molar-refractivity contribution in [1.29, 1.82) is 0 Å². The molecule has 0 aliphatic carbocycles. The van der Waals surface area contributed by atoms with E-state index in [1.54, 1.807) is 15.3 Å². The largest absolute Gasteiger partial charge is 0.146 e. The van der Waals surface area contributed by atoms with Gasteiger partial charge in [0.25, 0.3) is 0 Å². The molecule has 0 radical (unpaired) electrons. The number of thiophene rings is 5. The molecule has 13 rings (SSSR count). The van der Waals surface area contributed by atoms with E-state index in [1.807, 2.05) is 93.1 Å². The lowest BCUT2D eigenvalue weighted by molar-refractivity contribution is 0.666. The van der Waals surface area contributed by atoms with Crippen LogP contribution in [0.2, 0.25) is 0 Å². The first-order chi connectivity index (χ1) is 39.8. The molecule has 0 atom stereocenters. The Labute approximate surface area is 500 Å². The summed E-state index contributed by atoms with van der Waals surface area (Å²) in [7, 11) is 0. The molecule has 406 valence electrons. The fraction of sp³-hybridized carbons (Fsp3) is 0.263. The van der Waals surface area contributed by atoms with E-state index in [2.05, 4.69) is 186 Å². The Morgan fingerprint density at radius 3 is 1.07 bits per heavy atom. The maximum Gasteiger partial charge on any atom is 0.0532 e. The van der Waals surface area contributed by atoms with Crippen molar-refractivity contribution < 1.29 is 0 Å². The molecular formula is C76H72S5. The number of rotatable bonds is 15. The van der Waals surface area contributed by atoms with E-state index in [-0.39, 0.29) is 0 Å². The van der Waals surface area contributed by atoms with Crippen molar-refractivity contribution >= 4 is 139 Å². The molecule has 0 saturated heterocycles. The zero-order valence-corrected chi connectivity index (χ0v) is 51.8. The van der Waals surface area contributed by atoms with Crippen LogP contribution in [0.5, 0.6) is 0 Å². The van der Waals surface area contributed by atoms with Crippen molar-refractivity contribution in [2.75, 3.05) is 0 Å². The van der Waals surface area contributed by atoms with Gasteiger partial charge in [0, 0.05) is 71.3 Å². The fourth-order valence-corrected chi connectivity index (χ4v) is 17.4. The summed E-state index contributed by atoms with van der Waals surface area (Å²) in [5, 5.41) is 12.3. The third-order valence-electron chi connectivity index (χ3n) is 15.6. The van der Waals surface area contributed by atoms with Crippen LogP contribution in [0.25, 0.3) is 82.1 Å². The van der Waals surface area contributed by atoms with Crippen molar-refractivity contribution in [2.45, 2.75) is 131 Å². The van der Waals surface area contributed by atoms with Crippen LogP contribution in [-0.4, -0.2) is 0 Å². The standard InChI is InChI=1S/C38H22.C26H30S4.C12H20S/c1-3-11-27(12-4-1)19-21-33-35-23-29-15-7-9-17-31(29)25-37(35)34(22-20-28-13-5-2-6-14-28)38-26-32-18-10-8-16-30(32)24-36(33)38;1-3-5-7-9-11-17-13-23-25(27-17)19-15-22-20(16-21(19)29-23)26-24(30-22)14-18(28-26)12-10-8-6-4-2;1-4-5-6-7-8-12-9-10(2)13-11(12)3/h1-18,23-26H;13-16H,3-12H2,1-2H3;9H,4-8H2,1-3H3. The van der Waals surface area contributed by atoms with Crippen molar-refractivity contribution in [1.82, 2.24) is 0 Å². The molecule has 8 aromatic carbocycles. The highest BCUT2D eigenvalue weighted by atomic mass is 32.1. The summed E-state index contributed by atoms with van der Waals surface area (Å²) in [6.45, 7) is 11.3. The average Bonchev–Trinajstić information content (AvgIpc) is 4.24. The van der Waals surface area contributed by atoms with Gasteiger partial charge in [0.1, 0.15) is 0 Å². The zero-order chi connectivity index (χ0) is 55.5. The van der Waals surface area contributed by atoms with Crippen LogP contribution in [0.15, 0.2) is 164 Å². The second-order valence-corrected chi connectivity index (χ2v) is 27.6. The van der Waals surface area contributed by atoms with Gasteiger partial charge in [-0.25, -0.2) is 0 Å². The summed E-state index contributed by atoms with van der Waals surface area (Å²) in [6.07, 6.45) is 20.1. The molecule has 0 saturated carbocycles. The first-order valence-corrected chi connectivity index (χ1v) is 33.7. The second kappa shape index (κ2) is 27.0. The van der Waals surface area contributed by atoms with Gasteiger partial charge in [-0.05, 0) is 180 Å². The molecule has 0 N–H and O–H groups in total.